The number of benzene rings is 3. The molecule has 4 N–H and O–H groups in total. The van der Waals surface area contributed by atoms with Crippen LogP contribution in [0, 0.1) is 5.82 Å². The Labute approximate surface area is 225 Å². The summed E-state index contributed by atoms with van der Waals surface area (Å²) in [5.74, 6) is -0.0902. The van der Waals surface area contributed by atoms with Crippen LogP contribution < -0.4 is 15.8 Å². The molecule has 0 radical (unpaired) electrons. The average Bonchev–Trinajstić information content (AvgIpc) is 2.90. The first kappa shape index (κ1) is 25.0. The van der Waals surface area contributed by atoms with Crippen molar-refractivity contribution in [3.63, 3.8) is 0 Å². The molecule has 1 aromatic heterocycles. The van der Waals surface area contributed by atoms with Gasteiger partial charge in [0.05, 0.1) is 16.2 Å². The van der Waals surface area contributed by atoms with Crippen molar-refractivity contribution in [1.82, 2.24) is 9.97 Å². The smallest absolute Gasteiger partial charge is 0.263 e. The first-order chi connectivity index (χ1) is 18.1. The van der Waals surface area contributed by atoms with Gasteiger partial charge in [0.15, 0.2) is 0 Å². The third kappa shape index (κ3) is 4.70. The highest BCUT2D eigenvalue weighted by Gasteiger charge is 2.46. The van der Waals surface area contributed by atoms with E-state index >= 15 is 0 Å². The molecule has 7 nitrogen and oxygen atoms in total. The molecule has 7 rings (SSSR count). The van der Waals surface area contributed by atoms with Gasteiger partial charge in [0.1, 0.15) is 10.7 Å². The lowest BCUT2D eigenvalue weighted by Crippen LogP contribution is -2.57. The van der Waals surface area contributed by atoms with Crippen LogP contribution in [0.3, 0.4) is 0 Å². The number of fused-ring (bicyclic) bond motifs is 4. The van der Waals surface area contributed by atoms with Crippen molar-refractivity contribution in [3.8, 4) is 11.1 Å². The summed E-state index contributed by atoms with van der Waals surface area (Å²) in [6, 6.07) is 16.0. The van der Waals surface area contributed by atoms with Gasteiger partial charge < -0.3 is 11.1 Å². The molecule has 3 saturated carbocycles. The van der Waals surface area contributed by atoms with Crippen LogP contribution in [-0.2, 0) is 10.0 Å². The fourth-order valence-corrected chi connectivity index (χ4v) is 7.14. The second kappa shape index (κ2) is 9.18. The largest absolute Gasteiger partial charge is 0.349 e. The van der Waals surface area contributed by atoms with Crippen molar-refractivity contribution in [2.75, 3.05) is 10.0 Å². The van der Waals surface area contributed by atoms with E-state index in [2.05, 4.69) is 15.0 Å². The van der Waals surface area contributed by atoms with E-state index in [1.807, 2.05) is 18.2 Å². The maximum atomic E-state index is 15.0. The molecule has 0 unspecified atom stereocenters. The van der Waals surface area contributed by atoms with E-state index in [0.717, 1.165) is 55.0 Å². The van der Waals surface area contributed by atoms with Crippen molar-refractivity contribution in [3.05, 3.63) is 77.7 Å². The first-order valence-corrected chi connectivity index (χ1v) is 14.4. The topological polar surface area (TPSA) is 110 Å². The lowest BCUT2D eigenvalue weighted by molar-refractivity contribution is 0.126. The molecule has 0 spiro atoms. The lowest BCUT2D eigenvalue weighted by Gasteiger charge is -2.52. The number of aromatic nitrogens is 2. The van der Waals surface area contributed by atoms with Crippen molar-refractivity contribution in [2.45, 2.75) is 54.5 Å². The van der Waals surface area contributed by atoms with Gasteiger partial charge in [0.25, 0.3) is 10.0 Å². The molecule has 38 heavy (non-hydrogen) atoms. The number of nitrogens with zero attached hydrogens (tertiary/aromatic N) is 2. The number of nitrogens with one attached hydrogen (secondary N) is 2. The number of nitrogens with two attached hydrogens (primary N) is 1. The summed E-state index contributed by atoms with van der Waals surface area (Å²) in [6.07, 6.45) is 7.92. The van der Waals surface area contributed by atoms with E-state index in [1.54, 1.807) is 24.4 Å². The Balaban J connectivity index is 1.21. The summed E-state index contributed by atoms with van der Waals surface area (Å²) < 4.78 is 42.6. The Morgan fingerprint density at radius 1 is 0.921 bits per heavy atom. The van der Waals surface area contributed by atoms with Crippen LogP contribution in [0.2, 0.25) is 5.02 Å². The van der Waals surface area contributed by atoms with Gasteiger partial charge in [0.2, 0.25) is 5.95 Å². The molecule has 0 aliphatic heterocycles. The molecule has 196 valence electrons. The van der Waals surface area contributed by atoms with Crippen molar-refractivity contribution < 1.29 is 12.8 Å². The average molecular weight is 552 g/mol. The van der Waals surface area contributed by atoms with E-state index in [-0.39, 0.29) is 26.7 Å². The SMILES string of the molecule is NC12CCC(Nc3ncc4cc(-c5ccc(NS(=O)(=O)c6ccccc6Cl)c(F)c5)ccc4n3)(CC1)CC2. The maximum Gasteiger partial charge on any atom is 0.263 e. The molecule has 3 aliphatic carbocycles. The molecule has 3 aromatic carbocycles. The molecule has 3 fully saturated rings. The van der Waals surface area contributed by atoms with E-state index < -0.39 is 15.8 Å². The highest BCUT2D eigenvalue weighted by molar-refractivity contribution is 7.92. The quantitative estimate of drug-likeness (QED) is 0.267. The van der Waals surface area contributed by atoms with Crippen LogP contribution in [0.1, 0.15) is 38.5 Å². The normalized spacial score (nSPS) is 22.9. The number of rotatable bonds is 6. The third-order valence-corrected chi connectivity index (χ3v) is 9.80. The summed E-state index contributed by atoms with van der Waals surface area (Å²) >= 11 is 6.02. The molecule has 0 saturated heterocycles. The highest BCUT2D eigenvalue weighted by Crippen LogP contribution is 2.46. The number of hydrogen-bond acceptors (Lipinski definition) is 6. The Morgan fingerprint density at radius 3 is 2.32 bits per heavy atom. The second-order valence-corrected chi connectivity index (χ2v) is 12.5. The Hall–Kier alpha value is -3.27. The fourth-order valence-electron chi connectivity index (χ4n) is 5.55. The van der Waals surface area contributed by atoms with Crippen LogP contribution in [0.5, 0.6) is 0 Å². The molecular formula is C28H27ClFN5O2S. The minimum atomic E-state index is -4.05. The number of halogens is 2. The zero-order valence-electron chi connectivity index (χ0n) is 20.5. The summed E-state index contributed by atoms with van der Waals surface area (Å²) in [5.41, 5.74) is 8.44. The van der Waals surface area contributed by atoms with Gasteiger partial charge in [-0.25, -0.2) is 22.8 Å². The lowest BCUT2D eigenvalue weighted by atomic mass is 9.62. The number of hydrogen-bond donors (Lipinski definition) is 3. The van der Waals surface area contributed by atoms with Crippen LogP contribution >= 0.6 is 11.6 Å². The molecule has 2 bridgehead atoms. The summed E-state index contributed by atoms with van der Waals surface area (Å²) in [4.78, 5) is 9.16. The Bertz CT molecular complexity index is 1640. The number of anilines is 2. The predicted molar refractivity (Wildman–Crippen MR) is 148 cm³/mol. The van der Waals surface area contributed by atoms with Crippen LogP contribution in [-0.4, -0.2) is 29.5 Å². The fraction of sp³-hybridized carbons (Fsp3) is 0.286. The van der Waals surface area contributed by atoms with Gasteiger partial charge in [-0.3, -0.25) is 4.72 Å². The summed E-state index contributed by atoms with van der Waals surface area (Å²) in [7, 11) is -4.05. The zero-order valence-corrected chi connectivity index (χ0v) is 22.1. The molecule has 0 atom stereocenters. The molecule has 3 aliphatic rings. The third-order valence-electron chi connectivity index (χ3n) is 7.93. The predicted octanol–water partition coefficient (Wildman–Crippen LogP) is 6.11. The van der Waals surface area contributed by atoms with Crippen LogP contribution in [0.25, 0.3) is 22.0 Å². The highest BCUT2D eigenvalue weighted by atomic mass is 35.5. The van der Waals surface area contributed by atoms with E-state index in [4.69, 9.17) is 22.3 Å². The molecule has 10 heteroatoms. The molecule has 4 aromatic rings. The van der Waals surface area contributed by atoms with Crippen LogP contribution in [0.4, 0.5) is 16.0 Å². The Kier molecular flexibility index (Phi) is 6.05. The minimum absolute atomic E-state index is 0.00167. The van der Waals surface area contributed by atoms with Crippen molar-refractivity contribution in [1.29, 1.82) is 0 Å². The van der Waals surface area contributed by atoms with Gasteiger partial charge in [-0.2, -0.15) is 0 Å². The van der Waals surface area contributed by atoms with Crippen LogP contribution in [0.15, 0.2) is 71.8 Å². The van der Waals surface area contributed by atoms with Gasteiger partial charge >= 0.3 is 0 Å². The zero-order chi connectivity index (χ0) is 26.5. The standard InChI is InChI=1S/C28H27ClFN5O2S/c29-21-3-1-2-4-25(21)38(36,37)35-24-8-6-19(16-22(24)30)18-5-7-23-20(15-18)17-32-26(33-23)34-28-12-9-27(31,10-13-28)11-14-28/h1-8,15-17,35H,9-14,31H2,(H,32,33,34). The van der Waals surface area contributed by atoms with Crippen molar-refractivity contribution in [2.24, 2.45) is 5.73 Å². The number of sulfonamides is 1. The summed E-state index contributed by atoms with van der Waals surface area (Å²) in [6.45, 7) is 0. The maximum absolute atomic E-state index is 15.0. The minimum Gasteiger partial charge on any atom is -0.349 e. The first-order valence-electron chi connectivity index (χ1n) is 12.6. The van der Waals surface area contributed by atoms with Crippen molar-refractivity contribution >= 4 is 44.2 Å². The molecule has 1 heterocycles. The van der Waals surface area contributed by atoms with Gasteiger partial charge in [-0.05, 0) is 86.1 Å². The van der Waals surface area contributed by atoms with E-state index in [0.29, 0.717) is 11.5 Å². The van der Waals surface area contributed by atoms with Gasteiger partial charge in [-0.1, -0.05) is 35.9 Å². The monoisotopic (exact) mass is 551 g/mol. The van der Waals surface area contributed by atoms with Gasteiger partial charge in [0, 0.05) is 22.7 Å². The van der Waals surface area contributed by atoms with E-state index in [9.17, 15) is 12.8 Å². The second-order valence-electron chi connectivity index (χ2n) is 10.5. The molecule has 0 amide bonds. The Morgan fingerprint density at radius 2 is 1.61 bits per heavy atom. The van der Waals surface area contributed by atoms with E-state index in [1.165, 1.54) is 24.3 Å². The van der Waals surface area contributed by atoms with Gasteiger partial charge in [-0.15, -0.1) is 0 Å². The summed E-state index contributed by atoms with van der Waals surface area (Å²) in [5, 5.41) is 4.47. The molecular weight excluding hydrogens is 525 g/mol.